The third-order valence-corrected chi connectivity index (χ3v) is 4.93. The van der Waals surface area contributed by atoms with E-state index in [4.69, 9.17) is 14.2 Å². The first-order valence-corrected chi connectivity index (χ1v) is 8.41. The topological polar surface area (TPSA) is 85.3 Å². The lowest BCUT2D eigenvalue weighted by molar-refractivity contribution is -0.142. The highest BCUT2D eigenvalue weighted by Crippen LogP contribution is 2.43. The second kappa shape index (κ2) is 7.31. The predicted octanol–water partition coefficient (Wildman–Crippen LogP) is 1.86. The molecule has 7 heteroatoms. The van der Waals surface area contributed by atoms with Gasteiger partial charge in [-0.1, -0.05) is 0 Å². The van der Waals surface area contributed by atoms with Crippen molar-refractivity contribution in [3.05, 3.63) is 23.8 Å². The fourth-order valence-electron chi connectivity index (χ4n) is 3.69. The maximum absolute atomic E-state index is 12.5. The molecule has 2 fully saturated rings. The van der Waals surface area contributed by atoms with E-state index in [-0.39, 0.29) is 18.4 Å². The third kappa shape index (κ3) is 3.42. The molecule has 0 aromatic heterocycles. The molecule has 2 aliphatic heterocycles. The van der Waals surface area contributed by atoms with E-state index < -0.39 is 17.9 Å². The molecule has 136 valence electrons. The zero-order valence-corrected chi connectivity index (χ0v) is 14.4. The van der Waals surface area contributed by atoms with Gasteiger partial charge >= 0.3 is 5.97 Å². The summed E-state index contributed by atoms with van der Waals surface area (Å²) in [5, 5.41) is 9.65. The van der Waals surface area contributed by atoms with E-state index in [0.717, 1.165) is 12.8 Å². The summed E-state index contributed by atoms with van der Waals surface area (Å²) in [6, 6.07) is 4.64. The van der Waals surface area contributed by atoms with Gasteiger partial charge < -0.3 is 24.2 Å². The molecule has 0 bridgehead atoms. The van der Waals surface area contributed by atoms with Crippen LogP contribution in [0.15, 0.2) is 18.2 Å². The van der Waals surface area contributed by atoms with Gasteiger partial charge in [-0.15, -0.1) is 0 Å². The summed E-state index contributed by atoms with van der Waals surface area (Å²) in [6.07, 6.45) is 1.77. The first-order chi connectivity index (χ1) is 12.0. The van der Waals surface area contributed by atoms with E-state index in [1.165, 1.54) is 7.11 Å². The Kier molecular flexibility index (Phi) is 5.13. The minimum Gasteiger partial charge on any atom is -0.497 e. The predicted molar refractivity (Wildman–Crippen MR) is 88.7 cm³/mol. The Morgan fingerprint density at radius 1 is 1.36 bits per heavy atom. The van der Waals surface area contributed by atoms with Crippen molar-refractivity contribution in [1.82, 2.24) is 4.90 Å². The zero-order valence-electron chi connectivity index (χ0n) is 14.4. The SMILES string of the molecule is COc1ccc(OC)c(C2C(C(=O)O)CC(=O)N2CC2CCCO2)c1. The van der Waals surface area contributed by atoms with E-state index in [1.54, 1.807) is 30.2 Å². The molecule has 1 aromatic carbocycles. The van der Waals surface area contributed by atoms with Crippen molar-refractivity contribution in [3.8, 4) is 11.5 Å². The largest absolute Gasteiger partial charge is 0.497 e. The molecule has 0 saturated carbocycles. The van der Waals surface area contributed by atoms with Crippen molar-refractivity contribution in [3.63, 3.8) is 0 Å². The maximum Gasteiger partial charge on any atom is 0.309 e. The summed E-state index contributed by atoms with van der Waals surface area (Å²) < 4.78 is 16.3. The maximum atomic E-state index is 12.5. The fraction of sp³-hybridized carbons (Fsp3) is 0.556. The molecule has 3 unspecified atom stereocenters. The number of ether oxygens (including phenoxy) is 3. The van der Waals surface area contributed by atoms with Crippen molar-refractivity contribution in [2.24, 2.45) is 5.92 Å². The van der Waals surface area contributed by atoms with E-state index in [2.05, 4.69) is 0 Å². The van der Waals surface area contributed by atoms with Crippen LogP contribution in [0.25, 0.3) is 0 Å². The lowest BCUT2D eigenvalue weighted by atomic mass is 9.92. The Balaban J connectivity index is 2.00. The van der Waals surface area contributed by atoms with Crippen LogP contribution in [0.5, 0.6) is 11.5 Å². The van der Waals surface area contributed by atoms with E-state index in [0.29, 0.717) is 30.2 Å². The van der Waals surface area contributed by atoms with Crippen LogP contribution >= 0.6 is 0 Å². The van der Waals surface area contributed by atoms with Gasteiger partial charge in [0.15, 0.2) is 0 Å². The summed E-state index contributed by atoms with van der Waals surface area (Å²) in [7, 11) is 3.08. The quantitative estimate of drug-likeness (QED) is 0.844. The summed E-state index contributed by atoms with van der Waals surface area (Å²) >= 11 is 0. The lowest BCUT2D eigenvalue weighted by Gasteiger charge is -2.30. The van der Waals surface area contributed by atoms with Crippen LogP contribution in [-0.2, 0) is 14.3 Å². The molecule has 3 rings (SSSR count). The van der Waals surface area contributed by atoms with Crippen LogP contribution in [0.3, 0.4) is 0 Å². The first-order valence-electron chi connectivity index (χ1n) is 8.41. The molecule has 1 N–H and O–H groups in total. The van der Waals surface area contributed by atoms with Crippen molar-refractivity contribution in [2.45, 2.75) is 31.4 Å². The zero-order chi connectivity index (χ0) is 18.0. The number of hydrogen-bond acceptors (Lipinski definition) is 5. The van der Waals surface area contributed by atoms with Gasteiger partial charge in [0, 0.05) is 25.1 Å². The second-order valence-electron chi connectivity index (χ2n) is 6.38. The van der Waals surface area contributed by atoms with Crippen molar-refractivity contribution >= 4 is 11.9 Å². The van der Waals surface area contributed by atoms with Gasteiger partial charge in [0.2, 0.25) is 5.91 Å². The highest BCUT2D eigenvalue weighted by Gasteiger charge is 2.46. The molecule has 0 aliphatic carbocycles. The number of carbonyl (C=O) groups excluding carboxylic acids is 1. The number of likely N-dealkylation sites (tertiary alicyclic amines) is 1. The molecule has 2 saturated heterocycles. The minimum absolute atomic E-state index is 0.0207. The summed E-state index contributed by atoms with van der Waals surface area (Å²) in [4.78, 5) is 26.0. The highest BCUT2D eigenvalue weighted by atomic mass is 16.5. The number of nitrogens with zero attached hydrogens (tertiary/aromatic N) is 1. The smallest absolute Gasteiger partial charge is 0.309 e. The van der Waals surface area contributed by atoms with Crippen molar-refractivity contribution in [1.29, 1.82) is 0 Å². The van der Waals surface area contributed by atoms with Gasteiger partial charge in [0.05, 0.1) is 32.3 Å². The number of carboxylic acid groups (broad SMARTS) is 1. The average Bonchev–Trinajstić information content (AvgIpc) is 3.23. The van der Waals surface area contributed by atoms with Crippen LogP contribution in [0.4, 0.5) is 0 Å². The van der Waals surface area contributed by atoms with Crippen LogP contribution in [-0.4, -0.2) is 55.4 Å². The summed E-state index contributed by atoms with van der Waals surface area (Å²) in [6.45, 7) is 1.08. The van der Waals surface area contributed by atoms with Gasteiger partial charge in [0.1, 0.15) is 11.5 Å². The molecule has 2 aliphatic rings. The standard InChI is InChI=1S/C18H23NO6/c1-23-11-5-6-15(24-2)13(8-11)17-14(18(21)22)9-16(20)19(17)10-12-4-3-7-25-12/h5-6,8,12,14,17H,3-4,7,9-10H2,1-2H3,(H,21,22). The molecule has 1 amide bonds. The van der Waals surface area contributed by atoms with Gasteiger partial charge in [-0.25, -0.2) is 0 Å². The highest BCUT2D eigenvalue weighted by molar-refractivity contribution is 5.87. The number of aliphatic carboxylic acids is 1. The Morgan fingerprint density at radius 3 is 2.76 bits per heavy atom. The normalized spacial score (nSPS) is 26.1. The van der Waals surface area contributed by atoms with Crippen LogP contribution in [0.1, 0.15) is 30.9 Å². The summed E-state index contributed by atoms with van der Waals surface area (Å²) in [5.74, 6) is -0.841. The van der Waals surface area contributed by atoms with Crippen LogP contribution < -0.4 is 9.47 Å². The number of benzene rings is 1. The van der Waals surface area contributed by atoms with Crippen molar-refractivity contribution < 1.29 is 28.9 Å². The molecular weight excluding hydrogens is 326 g/mol. The third-order valence-electron chi connectivity index (χ3n) is 4.93. The van der Waals surface area contributed by atoms with Crippen molar-refractivity contribution in [2.75, 3.05) is 27.4 Å². The Morgan fingerprint density at radius 2 is 2.16 bits per heavy atom. The number of carboxylic acids is 1. The van der Waals surface area contributed by atoms with Gasteiger partial charge in [0.25, 0.3) is 0 Å². The first kappa shape index (κ1) is 17.5. The molecular formula is C18H23NO6. The molecule has 0 spiro atoms. The molecule has 3 atom stereocenters. The molecule has 0 radical (unpaired) electrons. The average molecular weight is 349 g/mol. The number of amides is 1. The number of hydrogen-bond donors (Lipinski definition) is 1. The number of methoxy groups -OCH3 is 2. The van der Waals surface area contributed by atoms with E-state index >= 15 is 0 Å². The van der Waals surface area contributed by atoms with E-state index in [1.807, 2.05) is 0 Å². The van der Waals surface area contributed by atoms with Gasteiger partial charge in [-0.2, -0.15) is 0 Å². The Labute approximate surface area is 146 Å². The molecule has 2 heterocycles. The Bertz CT molecular complexity index is 655. The fourth-order valence-corrected chi connectivity index (χ4v) is 3.69. The molecule has 7 nitrogen and oxygen atoms in total. The Hall–Kier alpha value is -2.28. The van der Waals surface area contributed by atoms with Gasteiger partial charge in [-0.05, 0) is 31.0 Å². The second-order valence-corrected chi connectivity index (χ2v) is 6.38. The monoisotopic (exact) mass is 349 g/mol. The van der Waals surface area contributed by atoms with Gasteiger partial charge in [-0.3, -0.25) is 9.59 Å². The molecule has 1 aromatic rings. The minimum atomic E-state index is -0.988. The van der Waals surface area contributed by atoms with Crippen LogP contribution in [0, 0.1) is 5.92 Å². The lowest BCUT2D eigenvalue weighted by Crippen LogP contribution is -2.36. The molecule has 25 heavy (non-hydrogen) atoms. The van der Waals surface area contributed by atoms with Crippen LogP contribution in [0.2, 0.25) is 0 Å². The number of carbonyl (C=O) groups is 2. The summed E-state index contributed by atoms with van der Waals surface area (Å²) in [5.41, 5.74) is 0.651. The van der Waals surface area contributed by atoms with E-state index in [9.17, 15) is 14.7 Å². The number of rotatable bonds is 6.